The van der Waals surface area contributed by atoms with Crippen LogP contribution in [0.15, 0.2) is 6.07 Å². The Morgan fingerprint density at radius 3 is 2.90 bits per heavy atom. The molecule has 5 heteroatoms. The van der Waals surface area contributed by atoms with E-state index < -0.39 is 0 Å². The minimum absolute atomic E-state index is 0.379. The van der Waals surface area contributed by atoms with Crippen LogP contribution in [0, 0.1) is 5.92 Å². The number of nitrogens with two attached hydrogens (primary N) is 1. The van der Waals surface area contributed by atoms with Crippen LogP contribution >= 0.6 is 0 Å². The molecule has 0 spiro atoms. The average molecular weight is 289 g/mol. The Hall–Kier alpha value is -1.52. The van der Waals surface area contributed by atoms with Crippen molar-refractivity contribution < 1.29 is 0 Å². The van der Waals surface area contributed by atoms with Gasteiger partial charge in [-0.25, -0.2) is 0 Å². The number of hydrogen-bond donors (Lipinski definition) is 2. The minimum atomic E-state index is 0.379. The van der Waals surface area contributed by atoms with E-state index >= 15 is 0 Å². The molecule has 0 radical (unpaired) electrons. The Labute approximate surface area is 127 Å². The number of fused-ring (bicyclic) bond motifs is 1. The lowest BCUT2D eigenvalue weighted by Gasteiger charge is -2.44. The Kier molecular flexibility index (Phi) is 4.46. The lowest BCUT2D eigenvalue weighted by Crippen LogP contribution is -2.47. The smallest absolute Gasteiger partial charge is 0.223 e. The van der Waals surface area contributed by atoms with Crippen molar-refractivity contribution in [3.05, 3.63) is 6.07 Å². The second-order valence-corrected chi connectivity index (χ2v) is 6.34. The summed E-state index contributed by atoms with van der Waals surface area (Å²) in [5.41, 5.74) is 5.92. The molecule has 2 fully saturated rings. The van der Waals surface area contributed by atoms with Gasteiger partial charge in [0.15, 0.2) is 0 Å². The highest BCUT2D eigenvalue weighted by Gasteiger charge is 2.34. The van der Waals surface area contributed by atoms with Crippen molar-refractivity contribution in [1.29, 1.82) is 0 Å². The van der Waals surface area contributed by atoms with E-state index in [0.29, 0.717) is 12.0 Å². The molecule has 1 aromatic heterocycles. The number of hydrogen-bond acceptors (Lipinski definition) is 5. The minimum Gasteiger partial charge on any atom is -0.370 e. The highest BCUT2D eigenvalue weighted by molar-refractivity contribution is 5.53. The summed E-state index contributed by atoms with van der Waals surface area (Å²) >= 11 is 0. The molecule has 0 bridgehead atoms. The molecular formula is C16H27N5. The van der Waals surface area contributed by atoms with Gasteiger partial charge in [-0.05, 0) is 38.0 Å². The number of piperidine rings is 1. The summed E-state index contributed by atoms with van der Waals surface area (Å²) in [7, 11) is 0. The predicted molar refractivity (Wildman–Crippen MR) is 87.6 cm³/mol. The predicted octanol–water partition coefficient (Wildman–Crippen LogP) is 3.04. The molecule has 0 aromatic carbocycles. The quantitative estimate of drug-likeness (QED) is 0.891. The zero-order valence-electron chi connectivity index (χ0n) is 13.0. The van der Waals surface area contributed by atoms with Gasteiger partial charge >= 0.3 is 0 Å². The maximum absolute atomic E-state index is 5.92. The van der Waals surface area contributed by atoms with Crippen molar-refractivity contribution >= 4 is 17.6 Å². The molecule has 2 aliphatic rings. The van der Waals surface area contributed by atoms with Crippen LogP contribution in [-0.4, -0.2) is 29.1 Å². The van der Waals surface area contributed by atoms with E-state index in [1.807, 2.05) is 0 Å². The van der Waals surface area contributed by atoms with Crippen molar-refractivity contribution in [3.63, 3.8) is 0 Å². The molecular weight excluding hydrogens is 262 g/mol. The Bertz CT molecular complexity index is 474. The van der Waals surface area contributed by atoms with Crippen molar-refractivity contribution in [2.75, 3.05) is 29.0 Å². The molecule has 116 valence electrons. The highest BCUT2D eigenvalue weighted by atomic mass is 15.3. The topological polar surface area (TPSA) is 67.1 Å². The van der Waals surface area contributed by atoms with E-state index in [-0.39, 0.29) is 0 Å². The Morgan fingerprint density at radius 2 is 2.05 bits per heavy atom. The monoisotopic (exact) mass is 289 g/mol. The lowest BCUT2D eigenvalue weighted by molar-refractivity contribution is 0.243. The molecule has 1 saturated carbocycles. The third-order valence-corrected chi connectivity index (χ3v) is 4.82. The largest absolute Gasteiger partial charge is 0.370 e. The molecule has 3 N–H and O–H groups in total. The molecule has 2 heterocycles. The first kappa shape index (κ1) is 14.4. The number of rotatable bonds is 4. The van der Waals surface area contributed by atoms with Gasteiger partial charge in [0.25, 0.3) is 0 Å². The molecule has 3 rings (SSSR count). The zero-order valence-corrected chi connectivity index (χ0v) is 13.0. The summed E-state index contributed by atoms with van der Waals surface area (Å²) in [5, 5.41) is 3.33. The summed E-state index contributed by atoms with van der Waals surface area (Å²) in [4.78, 5) is 11.3. The lowest BCUT2D eigenvalue weighted by atomic mass is 9.78. The normalized spacial score (nSPS) is 25.5. The molecule has 21 heavy (non-hydrogen) atoms. The third kappa shape index (κ3) is 3.22. The van der Waals surface area contributed by atoms with Gasteiger partial charge in [-0.1, -0.05) is 19.8 Å². The first-order chi connectivity index (χ1) is 10.3. The third-order valence-electron chi connectivity index (χ3n) is 4.82. The molecule has 2 unspecified atom stereocenters. The van der Waals surface area contributed by atoms with E-state index in [4.69, 9.17) is 5.73 Å². The van der Waals surface area contributed by atoms with E-state index in [1.54, 1.807) is 0 Å². The van der Waals surface area contributed by atoms with Gasteiger partial charge in [-0.15, -0.1) is 0 Å². The number of nitrogens with zero attached hydrogens (tertiary/aromatic N) is 3. The van der Waals surface area contributed by atoms with Gasteiger partial charge in [0.1, 0.15) is 11.6 Å². The van der Waals surface area contributed by atoms with Crippen LogP contribution in [0.1, 0.15) is 51.9 Å². The molecule has 1 aliphatic carbocycles. The second kappa shape index (κ2) is 6.50. The number of nitrogens with one attached hydrogen (secondary N) is 1. The fraction of sp³-hybridized carbons (Fsp3) is 0.750. The maximum Gasteiger partial charge on any atom is 0.223 e. The molecule has 1 saturated heterocycles. The van der Waals surface area contributed by atoms with Gasteiger partial charge in [0.05, 0.1) is 0 Å². The van der Waals surface area contributed by atoms with Crippen molar-refractivity contribution in [1.82, 2.24) is 9.97 Å². The Morgan fingerprint density at radius 1 is 1.24 bits per heavy atom. The molecule has 5 nitrogen and oxygen atoms in total. The van der Waals surface area contributed by atoms with Gasteiger partial charge in [0, 0.05) is 25.2 Å². The summed E-state index contributed by atoms with van der Waals surface area (Å²) in [6.07, 6.45) is 9.14. The molecule has 1 aliphatic heterocycles. The average Bonchev–Trinajstić information content (AvgIpc) is 2.52. The van der Waals surface area contributed by atoms with E-state index in [9.17, 15) is 0 Å². The van der Waals surface area contributed by atoms with Crippen LogP contribution < -0.4 is 16.0 Å². The van der Waals surface area contributed by atoms with Crippen LogP contribution in [0.3, 0.4) is 0 Å². The molecule has 1 aromatic rings. The molecule has 0 amide bonds. The van der Waals surface area contributed by atoms with Crippen LogP contribution in [0.4, 0.5) is 17.6 Å². The summed E-state index contributed by atoms with van der Waals surface area (Å²) in [6, 6.07) is 2.73. The first-order valence-electron chi connectivity index (χ1n) is 8.43. The maximum atomic E-state index is 5.92. The fourth-order valence-electron chi connectivity index (χ4n) is 3.85. The van der Waals surface area contributed by atoms with Crippen LogP contribution in [0.5, 0.6) is 0 Å². The van der Waals surface area contributed by atoms with Crippen LogP contribution in [-0.2, 0) is 0 Å². The Balaban J connectivity index is 1.82. The van der Waals surface area contributed by atoms with E-state index in [0.717, 1.165) is 37.1 Å². The van der Waals surface area contributed by atoms with Crippen molar-refractivity contribution in [3.8, 4) is 0 Å². The highest BCUT2D eigenvalue weighted by Crippen LogP contribution is 2.37. The van der Waals surface area contributed by atoms with Crippen molar-refractivity contribution in [2.45, 2.75) is 57.9 Å². The van der Waals surface area contributed by atoms with Crippen LogP contribution in [0.25, 0.3) is 0 Å². The zero-order chi connectivity index (χ0) is 14.7. The number of nitrogen functional groups attached to an aromatic ring is 1. The van der Waals surface area contributed by atoms with E-state index in [1.165, 1.54) is 38.5 Å². The van der Waals surface area contributed by atoms with Gasteiger partial charge in [-0.2, -0.15) is 9.97 Å². The summed E-state index contributed by atoms with van der Waals surface area (Å²) in [6.45, 7) is 4.17. The van der Waals surface area contributed by atoms with Crippen LogP contribution in [0.2, 0.25) is 0 Å². The van der Waals surface area contributed by atoms with Gasteiger partial charge in [0.2, 0.25) is 5.95 Å². The number of aromatic nitrogens is 2. The van der Waals surface area contributed by atoms with Crippen molar-refractivity contribution in [2.24, 2.45) is 5.92 Å². The first-order valence-corrected chi connectivity index (χ1v) is 8.43. The van der Waals surface area contributed by atoms with Gasteiger partial charge < -0.3 is 16.0 Å². The SMILES string of the molecule is CCCNc1cc(N2CCCC3CCCCC32)nc(N)n1. The summed E-state index contributed by atoms with van der Waals surface area (Å²) in [5.74, 6) is 3.09. The fourth-order valence-corrected chi connectivity index (χ4v) is 3.85. The van der Waals surface area contributed by atoms with E-state index in [2.05, 4.69) is 33.2 Å². The molecule has 2 atom stereocenters. The summed E-state index contributed by atoms with van der Waals surface area (Å²) < 4.78 is 0. The number of anilines is 3. The van der Waals surface area contributed by atoms with Gasteiger partial charge in [-0.3, -0.25) is 0 Å². The standard InChI is InChI=1S/C16H27N5/c1-2-9-18-14-11-15(20-16(17)19-14)21-10-5-7-12-6-3-4-8-13(12)21/h11-13H,2-10H2,1H3,(H3,17,18,19,20). The second-order valence-electron chi connectivity index (χ2n) is 6.34.